The van der Waals surface area contributed by atoms with Gasteiger partial charge >= 0.3 is 0 Å². The number of primary amides is 1. The highest BCUT2D eigenvalue weighted by atomic mass is 32.1. The van der Waals surface area contributed by atoms with E-state index in [9.17, 15) is 14.4 Å². The predicted molar refractivity (Wildman–Crippen MR) is 98.2 cm³/mol. The van der Waals surface area contributed by atoms with Crippen molar-refractivity contribution in [3.05, 3.63) is 34.0 Å². The van der Waals surface area contributed by atoms with E-state index in [1.807, 2.05) is 13.8 Å². The number of carbonyl (C=O) groups is 3. The van der Waals surface area contributed by atoms with Gasteiger partial charge in [0.15, 0.2) is 0 Å². The molecule has 8 nitrogen and oxygen atoms in total. The van der Waals surface area contributed by atoms with Crippen molar-refractivity contribution in [2.24, 2.45) is 5.73 Å². The lowest BCUT2D eigenvalue weighted by molar-refractivity contribution is -0.129. The molecule has 3 amide bonds. The normalized spacial score (nSPS) is 13.6. The number of anilines is 1. The number of hydrogen-bond acceptors (Lipinski definition) is 5. The van der Waals surface area contributed by atoms with Gasteiger partial charge in [-0.05, 0) is 31.9 Å². The van der Waals surface area contributed by atoms with E-state index in [0.717, 1.165) is 10.4 Å². The van der Waals surface area contributed by atoms with Crippen LogP contribution in [0.15, 0.2) is 12.3 Å². The molecule has 0 spiro atoms. The summed E-state index contributed by atoms with van der Waals surface area (Å²) in [6.07, 6.45) is 2.11. The monoisotopic (exact) mass is 375 g/mol. The van der Waals surface area contributed by atoms with E-state index in [4.69, 9.17) is 5.73 Å². The molecule has 1 aliphatic rings. The van der Waals surface area contributed by atoms with Gasteiger partial charge in [-0.15, -0.1) is 11.3 Å². The van der Waals surface area contributed by atoms with Crippen molar-refractivity contribution < 1.29 is 14.4 Å². The number of thiophene rings is 1. The van der Waals surface area contributed by atoms with Crippen LogP contribution in [-0.2, 0) is 17.8 Å². The van der Waals surface area contributed by atoms with E-state index < -0.39 is 5.91 Å². The molecule has 138 valence electrons. The molecular weight excluding hydrogens is 354 g/mol. The molecule has 0 radical (unpaired) electrons. The zero-order valence-corrected chi connectivity index (χ0v) is 15.7. The summed E-state index contributed by atoms with van der Waals surface area (Å²) in [5.41, 5.74) is 7.15. The number of rotatable bonds is 4. The van der Waals surface area contributed by atoms with Gasteiger partial charge in [0.05, 0.1) is 12.1 Å². The molecule has 0 unspecified atom stereocenters. The Morgan fingerprint density at radius 1 is 1.35 bits per heavy atom. The Bertz CT molecular complexity index is 883. The largest absolute Gasteiger partial charge is 0.365 e. The fourth-order valence-corrected chi connectivity index (χ4v) is 4.36. The molecule has 1 aliphatic heterocycles. The SMILES string of the molecule is CC(=O)N1CCc2c(sc(NC(=O)c3ccnn3C(C)C)c2C(N)=O)C1. The number of aromatic nitrogens is 2. The number of nitrogens with two attached hydrogens (primary N) is 1. The van der Waals surface area contributed by atoms with Gasteiger partial charge in [0.1, 0.15) is 10.7 Å². The second-order valence-corrected chi connectivity index (χ2v) is 7.58. The molecule has 0 aromatic carbocycles. The molecule has 3 heterocycles. The quantitative estimate of drug-likeness (QED) is 0.848. The Labute approximate surface area is 155 Å². The highest BCUT2D eigenvalue weighted by Gasteiger charge is 2.29. The van der Waals surface area contributed by atoms with Gasteiger partial charge in [-0.3, -0.25) is 19.1 Å². The van der Waals surface area contributed by atoms with Gasteiger partial charge in [0.2, 0.25) is 5.91 Å². The number of carbonyl (C=O) groups excluding carboxylic acids is 3. The molecule has 0 saturated heterocycles. The van der Waals surface area contributed by atoms with Crippen LogP contribution in [0.4, 0.5) is 5.00 Å². The summed E-state index contributed by atoms with van der Waals surface area (Å²) in [5.74, 6) is -0.941. The highest BCUT2D eigenvalue weighted by Crippen LogP contribution is 2.37. The van der Waals surface area contributed by atoms with Crippen LogP contribution in [-0.4, -0.2) is 38.9 Å². The van der Waals surface area contributed by atoms with E-state index in [0.29, 0.717) is 35.8 Å². The number of nitrogens with zero attached hydrogens (tertiary/aromatic N) is 3. The average molecular weight is 375 g/mol. The zero-order chi connectivity index (χ0) is 19.0. The van der Waals surface area contributed by atoms with Crippen molar-refractivity contribution in [1.82, 2.24) is 14.7 Å². The first-order valence-electron chi connectivity index (χ1n) is 8.34. The summed E-state index contributed by atoms with van der Waals surface area (Å²) in [6, 6.07) is 1.66. The van der Waals surface area contributed by atoms with E-state index in [-0.39, 0.29) is 17.9 Å². The van der Waals surface area contributed by atoms with Crippen LogP contribution >= 0.6 is 11.3 Å². The predicted octanol–water partition coefficient (Wildman–Crippen LogP) is 1.78. The van der Waals surface area contributed by atoms with Gasteiger partial charge in [0.25, 0.3) is 11.8 Å². The summed E-state index contributed by atoms with van der Waals surface area (Å²) in [7, 11) is 0. The average Bonchev–Trinajstić information content (AvgIpc) is 3.18. The number of hydrogen-bond donors (Lipinski definition) is 2. The van der Waals surface area contributed by atoms with Gasteiger partial charge in [-0.1, -0.05) is 0 Å². The van der Waals surface area contributed by atoms with Gasteiger partial charge in [-0.2, -0.15) is 5.10 Å². The lowest BCUT2D eigenvalue weighted by Crippen LogP contribution is -2.34. The minimum atomic E-state index is -0.577. The van der Waals surface area contributed by atoms with Crippen LogP contribution in [0.2, 0.25) is 0 Å². The van der Waals surface area contributed by atoms with Crippen molar-refractivity contribution in [3.63, 3.8) is 0 Å². The third-order valence-electron chi connectivity index (χ3n) is 4.37. The summed E-state index contributed by atoms with van der Waals surface area (Å²) in [6.45, 7) is 6.34. The van der Waals surface area contributed by atoms with Crippen molar-refractivity contribution >= 4 is 34.1 Å². The number of amides is 3. The summed E-state index contributed by atoms with van der Waals surface area (Å²) in [4.78, 5) is 38.9. The third kappa shape index (κ3) is 3.22. The summed E-state index contributed by atoms with van der Waals surface area (Å²) < 4.78 is 1.62. The Kier molecular flexibility index (Phi) is 4.82. The lowest BCUT2D eigenvalue weighted by atomic mass is 10.0. The first-order valence-corrected chi connectivity index (χ1v) is 9.16. The molecule has 0 saturated carbocycles. The molecule has 2 aromatic rings. The Hall–Kier alpha value is -2.68. The maximum atomic E-state index is 12.7. The second kappa shape index (κ2) is 6.91. The molecule has 2 aromatic heterocycles. The molecule has 0 fully saturated rings. The smallest absolute Gasteiger partial charge is 0.274 e. The number of nitrogens with one attached hydrogen (secondary N) is 1. The molecule has 0 aliphatic carbocycles. The number of fused-ring (bicyclic) bond motifs is 1. The first-order chi connectivity index (χ1) is 12.3. The summed E-state index contributed by atoms with van der Waals surface area (Å²) >= 11 is 1.29. The fraction of sp³-hybridized carbons (Fsp3) is 0.412. The van der Waals surface area contributed by atoms with Crippen molar-refractivity contribution in [3.8, 4) is 0 Å². The first kappa shape index (κ1) is 18.1. The molecule has 9 heteroatoms. The molecule has 26 heavy (non-hydrogen) atoms. The van der Waals surface area contributed by atoms with Crippen LogP contribution in [0.1, 0.15) is 58.1 Å². The third-order valence-corrected chi connectivity index (χ3v) is 5.50. The van der Waals surface area contributed by atoms with Gasteiger partial charge in [-0.25, -0.2) is 0 Å². The van der Waals surface area contributed by atoms with Gasteiger partial charge < -0.3 is 16.0 Å². The molecular formula is C17H21N5O3S. The molecule has 0 atom stereocenters. The lowest BCUT2D eigenvalue weighted by Gasteiger charge is -2.25. The molecule has 0 bridgehead atoms. The Balaban J connectivity index is 1.93. The summed E-state index contributed by atoms with van der Waals surface area (Å²) in [5, 5.41) is 7.38. The van der Waals surface area contributed by atoms with Crippen LogP contribution in [0.3, 0.4) is 0 Å². The molecule has 3 rings (SSSR count). The Morgan fingerprint density at radius 3 is 2.69 bits per heavy atom. The maximum Gasteiger partial charge on any atom is 0.274 e. The van der Waals surface area contributed by atoms with E-state index in [1.54, 1.807) is 21.8 Å². The van der Waals surface area contributed by atoms with Crippen LogP contribution in [0.25, 0.3) is 0 Å². The van der Waals surface area contributed by atoms with Crippen LogP contribution in [0, 0.1) is 0 Å². The Morgan fingerprint density at radius 2 is 2.08 bits per heavy atom. The van der Waals surface area contributed by atoms with E-state index in [2.05, 4.69) is 10.4 Å². The van der Waals surface area contributed by atoms with E-state index >= 15 is 0 Å². The van der Waals surface area contributed by atoms with Crippen LogP contribution in [0.5, 0.6) is 0 Å². The fourth-order valence-electron chi connectivity index (χ4n) is 3.09. The van der Waals surface area contributed by atoms with E-state index in [1.165, 1.54) is 18.3 Å². The standard InChI is InChI=1S/C17H21N5O3S/c1-9(2)22-12(4-6-19-22)16(25)20-17-14(15(18)24)11-5-7-21(10(3)23)8-13(11)26-17/h4,6,9H,5,7-8H2,1-3H3,(H2,18,24)(H,20,25). The zero-order valence-electron chi connectivity index (χ0n) is 14.9. The second-order valence-electron chi connectivity index (χ2n) is 6.47. The topological polar surface area (TPSA) is 110 Å². The van der Waals surface area contributed by atoms with Crippen molar-refractivity contribution in [2.75, 3.05) is 11.9 Å². The highest BCUT2D eigenvalue weighted by molar-refractivity contribution is 7.17. The molecule has 3 N–H and O–H groups in total. The van der Waals surface area contributed by atoms with Crippen LogP contribution < -0.4 is 11.1 Å². The van der Waals surface area contributed by atoms with Crippen molar-refractivity contribution in [1.29, 1.82) is 0 Å². The van der Waals surface area contributed by atoms with Gasteiger partial charge in [0, 0.05) is 30.6 Å². The van der Waals surface area contributed by atoms with Crippen molar-refractivity contribution in [2.45, 2.75) is 39.8 Å². The maximum absolute atomic E-state index is 12.7. The minimum absolute atomic E-state index is 0.0175. The minimum Gasteiger partial charge on any atom is -0.365 e.